The van der Waals surface area contributed by atoms with E-state index >= 15 is 0 Å². The van der Waals surface area contributed by atoms with E-state index < -0.39 is 0 Å². The molecule has 0 amide bonds. The van der Waals surface area contributed by atoms with Crippen molar-refractivity contribution >= 4 is 17.2 Å². The van der Waals surface area contributed by atoms with Gasteiger partial charge in [-0.15, -0.1) is 0 Å². The number of anilines is 2. The molecule has 1 aromatic carbocycles. The van der Waals surface area contributed by atoms with E-state index in [0.717, 1.165) is 31.5 Å². The summed E-state index contributed by atoms with van der Waals surface area (Å²) in [6.07, 6.45) is 2.85. The zero-order valence-corrected chi connectivity index (χ0v) is 10.2. The van der Waals surface area contributed by atoms with Crippen LogP contribution in [-0.2, 0) is 0 Å². The van der Waals surface area contributed by atoms with Crippen LogP contribution in [-0.4, -0.2) is 24.0 Å². The first-order chi connectivity index (χ1) is 8.15. The monoisotopic (exact) mass is 236 g/mol. The summed E-state index contributed by atoms with van der Waals surface area (Å²) in [6.45, 7) is 2.60. The first kappa shape index (κ1) is 13.5. The van der Waals surface area contributed by atoms with Crippen molar-refractivity contribution in [3.05, 3.63) is 23.8 Å². The molecule has 1 aromatic rings. The Kier molecular flexibility index (Phi) is 5.49. The number of ketones is 1. The highest BCUT2D eigenvalue weighted by Gasteiger charge is 2.04. The van der Waals surface area contributed by atoms with Gasteiger partial charge >= 0.3 is 0 Å². The normalized spacial score (nSPS) is 10.2. The molecule has 17 heavy (non-hydrogen) atoms. The average Bonchev–Trinajstić information content (AvgIpc) is 2.28. The van der Waals surface area contributed by atoms with Gasteiger partial charge in [-0.1, -0.05) is 0 Å². The van der Waals surface area contributed by atoms with Crippen molar-refractivity contribution in [3.63, 3.8) is 0 Å². The van der Waals surface area contributed by atoms with Crippen LogP contribution in [0.5, 0.6) is 0 Å². The van der Waals surface area contributed by atoms with Crippen molar-refractivity contribution in [2.45, 2.75) is 26.2 Å². The Balaban J connectivity index is 2.45. The Morgan fingerprint density at radius 3 is 2.71 bits per heavy atom. The molecule has 0 aromatic heterocycles. The minimum atomic E-state index is -0.0167. The lowest BCUT2D eigenvalue weighted by molar-refractivity contribution is 0.101. The van der Waals surface area contributed by atoms with Crippen LogP contribution < -0.4 is 11.1 Å². The maximum absolute atomic E-state index is 11.2. The molecule has 0 bridgehead atoms. The third kappa shape index (κ3) is 4.44. The zero-order valence-electron chi connectivity index (χ0n) is 10.2. The molecule has 1 rings (SSSR count). The second kappa shape index (κ2) is 6.91. The van der Waals surface area contributed by atoms with Gasteiger partial charge in [0.25, 0.3) is 0 Å². The second-order valence-electron chi connectivity index (χ2n) is 4.07. The topological polar surface area (TPSA) is 75.3 Å². The third-order valence-corrected chi connectivity index (χ3v) is 2.59. The molecule has 4 nitrogen and oxygen atoms in total. The smallest absolute Gasteiger partial charge is 0.161 e. The molecule has 4 heteroatoms. The third-order valence-electron chi connectivity index (χ3n) is 2.59. The van der Waals surface area contributed by atoms with E-state index in [1.54, 1.807) is 12.1 Å². The van der Waals surface area contributed by atoms with Crippen LogP contribution >= 0.6 is 0 Å². The summed E-state index contributed by atoms with van der Waals surface area (Å²) < 4.78 is 0. The number of carbonyl (C=O) groups is 1. The molecule has 0 atom stereocenters. The van der Waals surface area contributed by atoms with Crippen LogP contribution in [0.25, 0.3) is 0 Å². The number of unbranched alkanes of at least 4 members (excludes halogenated alkanes) is 2. The van der Waals surface area contributed by atoms with Gasteiger partial charge in [0.1, 0.15) is 0 Å². The highest BCUT2D eigenvalue weighted by Crippen LogP contribution is 2.18. The highest BCUT2D eigenvalue weighted by atomic mass is 16.2. The quantitative estimate of drug-likeness (QED) is 0.385. The van der Waals surface area contributed by atoms with Crippen LogP contribution in [0.3, 0.4) is 0 Å². The molecule has 0 spiro atoms. The van der Waals surface area contributed by atoms with E-state index in [9.17, 15) is 4.79 Å². The molecule has 0 aliphatic rings. The summed E-state index contributed by atoms with van der Waals surface area (Å²) in [5.41, 5.74) is 7.79. The summed E-state index contributed by atoms with van der Waals surface area (Å²) in [4.78, 5) is 11.2. The fourth-order valence-electron chi connectivity index (χ4n) is 1.64. The molecule has 0 aliphatic heterocycles. The zero-order chi connectivity index (χ0) is 12.7. The number of benzene rings is 1. The molecular formula is C13H20N2O2. The molecule has 0 heterocycles. The number of Topliss-reactive ketones (excluding diaryl/α,β-unsaturated/α-hetero) is 1. The van der Waals surface area contributed by atoms with Crippen LogP contribution in [0.15, 0.2) is 18.2 Å². The minimum absolute atomic E-state index is 0.0167. The summed E-state index contributed by atoms with van der Waals surface area (Å²) in [7, 11) is 0. The summed E-state index contributed by atoms with van der Waals surface area (Å²) in [5, 5.41) is 11.9. The molecule has 0 saturated heterocycles. The Hall–Kier alpha value is -1.55. The van der Waals surface area contributed by atoms with Crippen molar-refractivity contribution in [3.8, 4) is 0 Å². The first-order valence-corrected chi connectivity index (χ1v) is 5.90. The SMILES string of the molecule is CC(=O)c1ccc(NCCCCCO)cc1N. The lowest BCUT2D eigenvalue weighted by Gasteiger charge is -2.08. The minimum Gasteiger partial charge on any atom is -0.398 e. The van der Waals surface area contributed by atoms with Crippen LogP contribution in [0, 0.1) is 0 Å². The maximum Gasteiger partial charge on any atom is 0.161 e. The standard InChI is InChI=1S/C13H20N2O2/c1-10(17)12-6-5-11(9-13(12)14)15-7-3-2-4-8-16/h5-6,9,15-16H,2-4,7-8,14H2,1H3. The molecule has 94 valence electrons. The van der Waals surface area contributed by atoms with Crippen molar-refractivity contribution in [1.82, 2.24) is 0 Å². The number of aliphatic hydroxyl groups excluding tert-OH is 1. The average molecular weight is 236 g/mol. The van der Waals surface area contributed by atoms with Gasteiger partial charge in [0.2, 0.25) is 0 Å². The molecular weight excluding hydrogens is 216 g/mol. The molecule has 0 unspecified atom stereocenters. The van der Waals surface area contributed by atoms with Gasteiger partial charge in [-0.25, -0.2) is 0 Å². The molecule has 0 aliphatic carbocycles. The molecule has 0 fully saturated rings. The van der Waals surface area contributed by atoms with Gasteiger partial charge in [0.15, 0.2) is 5.78 Å². The van der Waals surface area contributed by atoms with Crippen molar-refractivity contribution in [2.24, 2.45) is 0 Å². The van der Waals surface area contributed by atoms with Gasteiger partial charge < -0.3 is 16.2 Å². The van der Waals surface area contributed by atoms with Gasteiger partial charge in [0.05, 0.1) is 0 Å². The number of nitrogen functional groups attached to an aromatic ring is 1. The Labute approximate surface area is 102 Å². The van der Waals surface area contributed by atoms with Gasteiger partial charge in [-0.05, 0) is 44.4 Å². The summed E-state index contributed by atoms with van der Waals surface area (Å²) in [6, 6.07) is 5.38. The Morgan fingerprint density at radius 2 is 2.12 bits per heavy atom. The molecule has 4 N–H and O–H groups in total. The summed E-state index contributed by atoms with van der Waals surface area (Å²) >= 11 is 0. The van der Waals surface area contributed by atoms with Crippen molar-refractivity contribution in [1.29, 1.82) is 0 Å². The van der Waals surface area contributed by atoms with Gasteiger partial charge in [-0.3, -0.25) is 4.79 Å². The molecule has 0 radical (unpaired) electrons. The fourth-order valence-corrected chi connectivity index (χ4v) is 1.64. The van der Waals surface area contributed by atoms with E-state index in [4.69, 9.17) is 10.8 Å². The number of hydrogen-bond acceptors (Lipinski definition) is 4. The number of nitrogens with one attached hydrogen (secondary N) is 1. The van der Waals surface area contributed by atoms with Gasteiger partial charge in [-0.2, -0.15) is 0 Å². The number of rotatable bonds is 7. The van der Waals surface area contributed by atoms with Gasteiger partial charge in [0, 0.05) is 30.1 Å². The van der Waals surface area contributed by atoms with E-state index in [2.05, 4.69) is 5.32 Å². The lowest BCUT2D eigenvalue weighted by Crippen LogP contribution is -2.04. The lowest BCUT2D eigenvalue weighted by atomic mass is 10.1. The number of hydrogen-bond donors (Lipinski definition) is 3. The van der Waals surface area contributed by atoms with E-state index in [1.165, 1.54) is 6.92 Å². The maximum atomic E-state index is 11.2. The summed E-state index contributed by atoms with van der Waals surface area (Å²) in [5.74, 6) is -0.0167. The van der Waals surface area contributed by atoms with Crippen molar-refractivity contribution < 1.29 is 9.90 Å². The van der Waals surface area contributed by atoms with Crippen molar-refractivity contribution in [2.75, 3.05) is 24.2 Å². The molecule has 0 saturated carbocycles. The predicted octanol–water partition coefficient (Wildman–Crippen LogP) is 2.05. The number of aliphatic hydroxyl groups is 1. The number of carbonyl (C=O) groups excluding carboxylic acids is 1. The van der Waals surface area contributed by atoms with E-state index in [-0.39, 0.29) is 12.4 Å². The van der Waals surface area contributed by atoms with E-state index in [1.807, 2.05) is 6.07 Å². The highest BCUT2D eigenvalue weighted by molar-refractivity contribution is 5.99. The Morgan fingerprint density at radius 1 is 1.35 bits per heavy atom. The number of nitrogens with two attached hydrogens (primary N) is 1. The predicted molar refractivity (Wildman–Crippen MR) is 70.3 cm³/mol. The fraction of sp³-hybridized carbons (Fsp3) is 0.462. The Bertz CT molecular complexity index is 378. The van der Waals surface area contributed by atoms with Crippen LogP contribution in [0.1, 0.15) is 36.5 Å². The largest absolute Gasteiger partial charge is 0.398 e. The van der Waals surface area contributed by atoms with E-state index in [0.29, 0.717) is 11.3 Å². The van der Waals surface area contributed by atoms with Crippen LogP contribution in [0.2, 0.25) is 0 Å². The van der Waals surface area contributed by atoms with Crippen LogP contribution in [0.4, 0.5) is 11.4 Å². The first-order valence-electron chi connectivity index (χ1n) is 5.90. The second-order valence-corrected chi connectivity index (χ2v) is 4.07.